The summed E-state index contributed by atoms with van der Waals surface area (Å²) in [5.41, 5.74) is -0.770. The normalized spacial score (nSPS) is 17.6. The number of hydrogen-bond donors (Lipinski definition) is 1. The minimum atomic E-state index is -5.10. The van der Waals surface area contributed by atoms with Gasteiger partial charge in [-0.25, -0.2) is 13.6 Å². The maximum atomic E-state index is 13.7. The van der Waals surface area contributed by atoms with Crippen LogP contribution in [-0.2, 0) is 14.3 Å². The average Bonchev–Trinajstić information content (AvgIpc) is 2.88. The first-order chi connectivity index (χ1) is 12.6. The monoisotopic (exact) mass is 409 g/mol. The molecule has 13 heteroatoms. The van der Waals surface area contributed by atoms with Crippen molar-refractivity contribution in [2.24, 2.45) is 10.2 Å². The van der Waals surface area contributed by atoms with Crippen molar-refractivity contribution in [2.45, 2.75) is 6.36 Å². The van der Waals surface area contributed by atoms with Crippen LogP contribution in [0.4, 0.5) is 22.0 Å². The number of benzene rings is 1. The number of nitrogens with one attached hydrogen (secondary N) is 1. The van der Waals surface area contributed by atoms with Crippen molar-refractivity contribution in [3.8, 4) is 5.75 Å². The van der Waals surface area contributed by atoms with Gasteiger partial charge in [-0.3, -0.25) is 10.1 Å². The van der Waals surface area contributed by atoms with Gasteiger partial charge in [0.15, 0.2) is 5.17 Å². The lowest BCUT2D eigenvalue weighted by Crippen LogP contribution is -2.19. The summed E-state index contributed by atoms with van der Waals surface area (Å²) in [5.74, 6) is -5.24. The Labute approximate surface area is 151 Å². The zero-order valence-electron chi connectivity index (χ0n) is 13.1. The molecule has 1 saturated heterocycles. The zero-order chi connectivity index (χ0) is 20.2. The van der Waals surface area contributed by atoms with Crippen LogP contribution in [0, 0.1) is 11.6 Å². The van der Waals surface area contributed by atoms with Gasteiger partial charge in [0.05, 0.1) is 23.8 Å². The van der Waals surface area contributed by atoms with Crippen molar-refractivity contribution in [1.82, 2.24) is 5.32 Å². The van der Waals surface area contributed by atoms with E-state index in [1.807, 2.05) is 0 Å². The van der Waals surface area contributed by atoms with Crippen LogP contribution in [-0.4, -0.2) is 36.7 Å². The van der Waals surface area contributed by atoms with Gasteiger partial charge in [0, 0.05) is 18.2 Å². The topological polar surface area (TPSA) is 89.3 Å². The molecule has 0 unspecified atom stereocenters. The summed E-state index contributed by atoms with van der Waals surface area (Å²) in [4.78, 5) is 22.6. The molecule has 1 amide bonds. The van der Waals surface area contributed by atoms with E-state index in [0.29, 0.717) is 18.3 Å². The molecule has 1 heterocycles. The second kappa shape index (κ2) is 8.16. The van der Waals surface area contributed by atoms with Crippen LogP contribution in [0.5, 0.6) is 5.75 Å². The SMILES string of the molecule is COC(=O)/C=C1/S/C(=N\N=Cc2c(F)cc(OC(F)(F)F)cc2F)NC1=O. The molecular formula is C14H8F5N3O4S. The van der Waals surface area contributed by atoms with Gasteiger partial charge < -0.3 is 9.47 Å². The number of halogens is 5. The molecule has 1 N–H and O–H groups in total. The Morgan fingerprint density at radius 2 is 1.89 bits per heavy atom. The van der Waals surface area contributed by atoms with Crippen LogP contribution >= 0.6 is 11.8 Å². The maximum Gasteiger partial charge on any atom is 0.573 e. The quantitative estimate of drug-likeness (QED) is 0.271. The number of hydrogen-bond acceptors (Lipinski definition) is 7. The molecule has 0 radical (unpaired) electrons. The summed E-state index contributed by atoms with van der Waals surface area (Å²) < 4.78 is 71.4. The van der Waals surface area contributed by atoms with E-state index in [4.69, 9.17) is 0 Å². The molecule has 0 spiro atoms. The first kappa shape index (κ1) is 20.4. The molecule has 1 aromatic carbocycles. The van der Waals surface area contributed by atoms with Crippen molar-refractivity contribution < 1.29 is 41.0 Å². The number of carbonyl (C=O) groups is 2. The molecule has 144 valence electrons. The van der Waals surface area contributed by atoms with E-state index in [9.17, 15) is 31.5 Å². The number of amides is 1. The van der Waals surface area contributed by atoms with Gasteiger partial charge in [-0.15, -0.1) is 18.3 Å². The molecule has 27 heavy (non-hydrogen) atoms. The number of thioether (sulfide) groups is 1. The first-order valence-electron chi connectivity index (χ1n) is 6.73. The van der Waals surface area contributed by atoms with Crippen LogP contribution < -0.4 is 10.1 Å². The fourth-order valence-corrected chi connectivity index (χ4v) is 2.40. The largest absolute Gasteiger partial charge is 0.573 e. The number of amidine groups is 1. The van der Waals surface area contributed by atoms with Crippen LogP contribution in [0.2, 0.25) is 0 Å². The minimum absolute atomic E-state index is 0.0400. The highest BCUT2D eigenvalue weighted by Crippen LogP contribution is 2.26. The van der Waals surface area contributed by atoms with Crippen LogP contribution in [0.3, 0.4) is 0 Å². The third-order valence-corrected chi connectivity index (χ3v) is 3.62. The van der Waals surface area contributed by atoms with Crippen LogP contribution in [0.15, 0.2) is 33.3 Å². The van der Waals surface area contributed by atoms with E-state index in [1.54, 1.807) is 0 Å². The fraction of sp³-hybridized carbons (Fsp3) is 0.143. The molecule has 1 aliphatic heterocycles. The summed E-state index contributed by atoms with van der Waals surface area (Å²) in [6, 6.07) is 0.655. The van der Waals surface area contributed by atoms with Crippen LogP contribution in [0.1, 0.15) is 5.56 Å². The lowest BCUT2D eigenvalue weighted by molar-refractivity contribution is -0.274. The Morgan fingerprint density at radius 3 is 2.44 bits per heavy atom. The van der Waals surface area contributed by atoms with Crippen molar-refractivity contribution >= 4 is 35.0 Å². The summed E-state index contributed by atoms with van der Waals surface area (Å²) in [6.07, 6.45) is -3.59. The Morgan fingerprint density at radius 1 is 1.26 bits per heavy atom. The summed E-state index contributed by atoms with van der Waals surface area (Å²) in [7, 11) is 1.12. The zero-order valence-corrected chi connectivity index (χ0v) is 14.0. The molecule has 7 nitrogen and oxygen atoms in total. The molecule has 1 aromatic rings. The molecule has 0 aromatic heterocycles. The molecule has 0 bridgehead atoms. The highest BCUT2D eigenvalue weighted by Gasteiger charge is 2.32. The highest BCUT2D eigenvalue weighted by molar-refractivity contribution is 8.18. The molecule has 0 atom stereocenters. The standard InChI is InChI=1S/C14H8F5N3O4S/c1-25-11(23)4-10-12(24)21-13(27-10)22-20-5-7-8(15)2-6(3-9(7)16)26-14(17,18)19/h2-5H,1H3,(H,21,22,24)/b10-4+,20-5?. The van der Waals surface area contributed by atoms with Gasteiger partial charge in [-0.2, -0.15) is 5.10 Å². The van der Waals surface area contributed by atoms with E-state index < -0.39 is 41.2 Å². The van der Waals surface area contributed by atoms with E-state index >= 15 is 0 Å². The second-order valence-corrected chi connectivity index (χ2v) is 5.62. The van der Waals surface area contributed by atoms with Gasteiger partial charge in [-0.1, -0.05) is 0 Å². The van der Waals surface area contributed by atoms with Gasteiger partial charge in [0.1, 0.15) is 17.4 Å². The smallest absolute Gasteiger partial charge is 0.466 e. The predicted octanol–water partition coefficient (Wildman–Crippen LogP) is 2.47. The number of esters is 1. The summed E-state index contributed by atoms with van der Waals surface area (Å²) >= 11 is 0.718. The van der Waals surface area contributed by atoms with E-state index in [0.717, 1.165) is 24.9 Å². The Hall–Kier alpha value is -2.96. The Kier molecular flexibility index (Phi) is 6.15. The molecule has 0 aliphatic carbocycles. The summed E-state index contributed by atoms with van der Waals surface area (Å²) in [5, 5.41) is 9.00. The van der Waals surface area contributed by atoms with Crippen molar-refractivity contribution in [3.05, 3.63) is 40.3 Å². The lowest BCUT2D eigenvalue weighted by Gasteiger charge is -2.09. The predicted molar refractivity (Wildman–Crippen MR) is 83.9 cm³/mol. The Balaban J connectivity index is 2.15. The second-order valence-electron chi connectivity index (χ2n) is 4.59. The van der Waals surface area contributed by atoms with Crippen LogP contribution in [0.25, 0.3) is 0 Å². The lowest BCUT2D eigenvalue weighted by atomic mass is 10.2. The number of nitrogens with zero attached hydrogens (tertiary/aromatic N) is 2. The van der Waals surface area contributed by atoms with Gasteiger partial charge in [-0.05, 0) is 11.8 Å². The molecule has 2 rings (SSSR count). The number of rotatable bonds is 4. The summed E-state index contributed by atoms with van der Waals surface area (Å²) in [6.45, 7) is 0. The minimum Gasteiger partial charge on any atom is -0.466 e. The van der Waals surface area contributed by atoms with E-state index in [2.05, 4.69) is 25.0 Å². The number of carbonyl (C=O) groups excluding carboxylic acids is 2. The molecule has 0 saturated carbocycles. The molecule has 1 fully saturated rings. The third kappa shape index (κ3) is 5.77. The molecular weight excluding hydrogens is 401 g/mol. The van der Waals surface area contributed by atoms with Crippen molar-refractivity contribution in [1.29, 1.82) is 0 Å². The van der Waals surface area contributed by atoms with Gasteiger partial charge in [0.2, 0.25) is 0 Å². The number of ether oxygens (including phenoxy) is 2. The first-order valence-corrected chi connectivity index (χ1v) is 7.55. The van der Waals surface area contributed by atoms with Crippen molar-refractivity contribution in [3.63, 3.8) is 0 Å². The number of alkyl halides is 3. The average molecular weight is 409 g/mol. The maximum absolute atomic E-state index is 13.7. The van der Waals surface area contributed by atoms with E-state index in [-0.39, 0.29) is 10.1 Å². The third-order valence-electron chi connectivity index (χ3n) is 2.72. The van der Waals surface area contributed by atoms with Gasteiger partial charge in [0.25, 0.3) is 5.91 Å². The molecule has 1 aliphatic rings. The Bertz CT molecular complexity index is 844. The van der Waals surface area contributed by atoms with Crippen molar-refractivity contribution in [2.75, 3.05) is 7.11 Å². The number of methoxy groups -OCH3 is 1. The van der Waals surface area contributed by atoms with Gasteiger partial charge >= 0.3 is 12.3 Å². The van der Waals surface area contributed by atoms with E-state index in [1.165, 1.54) is 0 Å². The fourth-order valence-electron chi connectivity index (χ4n) is 1.66. The highest BCUT2D eigenvalue weighted by atomic mass is 32.2.